The zero-order valence-corrected chi connectivity index (χ0v) is 21.6. The SMILES string of the molecule is Cc1c[nH]c2nccc(Oc3ccc(C[C@H](N)C(=O)N4CCN(S(=O)(=O)c5ccccc5)CC4)cc3F)c12. The van der Waals surface area contributed by atoms with Gasteiger partial charge in [0.1, 0.15) is 11.4 Å². The van der Waals surface area contributed by atoms with Gasteiger partial charge in [-0.25, -0.2) is 17.8 Å². The number of amides is 1. The van der Waals surface area contributed by atoms with Gasteiger partial charge >= 0.3 is 0 Å². The number of H-pyrrole nitrogens is 1. The number of nitrogens with zero attached hydrogens (tertiary/aromatic N) is 3. The average molecular weight is 538 g/mol. The van der Waals surface area contributed by atoms with Gasteiger partial charge < -0.3 is 20.4 Å². The van der Waals surface area contributed by atoms with E-state index in [-0.39, 0.29) is 49.2 Å². The first-order chi connectivity index (χ1) is 18.2. The Morgan fingerprint density at radius 3 is 2.55 bits per heavy atom. The summed E-state index contributed by atoms with van der Waals surface area (Å²) in [5.74, 6) is -0.331. The molecule has 1 aliphatic rings. The molecule has 5 rings (SSSR count). The van der Waals surface area contributed by atoms with Crippen molar-refractivity contribution in [2.45, 2.75) is 24.3 Å². The number of carbonyl (C=O) groups is 1. The molecule has 38 heavy (non-hydrogen) atoms. The van der Waals surface area contributed by atoms with Gasteiger partial charge in [0.05, 0.1) is 16.3 Å². The minimum absolute atomic E-state index is 0.0532. The van der Waals surface area contributed by atoms with E-state index < -0.39 is 21.9 Å². The van der Waals surface area contributed by atoms with Gasteiger partial charge in [-0.3, -0.25) is 4.79 Å². The lowest BCUT2D eigenvalue weighted by Crippen LogP contribution is -2.54. The smallest absolute Gasteiger partial charge is 0.243 e. The van der Waals surface area contributed by atoms with Crippen LogP contribution in [0.1, 0.15) is 11.1 Å². The molecule has 0 bridgehead atoms. The number of hydrogen-bond donors (Lipinski definition) is 2. The Labute approximate surface area is 220 Å². The average Bonchev–Trinajstić information content (AvgIpc) is 3.32. The standard InChI is InChI=1S/C27H28FN5O4S/c1-18-17-31-26-25(18)24(9-10-30-26)37-23-8-7-19(15-21(23)28)16-22(29)27(34)32-11-13-33(14-12-32)38(35,36)20-5-3-2-4-6-20/h2-10,15,17,22H,11-14,16,29H2,1H3,(H,30,31)/t22-/m0/s1. The Morgan fingerprint density at radius 1 is 1.11 bits per heavy atom. The number of benzene rings is 2. The van der Waals surface area contributed by atoms with Crippen molar-refractivity contribution in [2.24, 2.45) is 5.73 Å². The lowest BCUT2D eigenvalue weighted by atomic mass is 10.0. The molecule has 0 saturated carbocycles. The topological polar surface area (TPSA) is 122 Å². The molecule has 0 radical (unpaired) electrons. The van der Waals surface area contributed by atoms with Crippen LogP contribution in [0.25, 0.3) is 11.0 Å². The highest BCUT2D eigenvalue weighted by atomic mass is 32.2. The summed E-state index contributed by atoms with van der Waals surface area (Å²) in [4.78, 5) is 22.0. The number of aromatic nitrogens is 2. The number of piperazine rings is 1. The Balaban J connectivity index is 1.20. The number of fused-ring (bicyclic) bond motifs is 1. The van der Waals surface area contributed by atoms with Crippen LogP contribution in [0.4, 0.5) is 4.39 Å². The van der Waals surface area contributed by atoms with Gasteiger partial charge in [-0.05, 0) is 54.8 Å². The molecule has 9 nitrogen and oxygen atoms in total. The van der Waals surface area contributed by atoms with Crippen LogP contribution in [0, 0.1) is 12.7 Å². The Bertz CT molecular complexity index is 1570. The van der Waals surface area contributed by atoms with Gasteiger partial charge in [0.25, 0.3) is 0 Å². The number of pyridine rings is 1. The summed E-state index contributed by atoms with van der Waals surface area (Å²) in [5, 5.41) is 0.778. The number of ether oxygens (including phenoxy) is 1. The van der Waals surface area contributed by atoms with Gasteiger partial charge in [-0.15, -0.1) is 0 Å². The van der Waals surface area contributed by atoms with Gasteiger partial charge in [-0.2, -0.15) is 4.31 Å². The van der Waals surface area contributed by atoms with Gasteiger partial charge in [0.15, 0.2) is 11.6 Å². The molecular formula is C27H28FN5O4S. The number of aromatic amines is 1. The van der Waals surface area contributed by atoms with E-state index in [0.29, 0.717) is 17.0 Å². The van der Waals surface area contributed by atoms with Crippen molar-refractivity contribution in [1.29, 1.82) is 0 Å². The summed E-state index contributed by atoms with van der Waals surface area (Å²) >= 11 is 0. The van der Waals surface area contributed by atoms with E-state index in [1.807, 2.05) is 13.1 Å². The van der Waals surface area contributed by atoms with Crippen LogP contribution in [-0.2, 0) is 21.2 Å². The summed E-state index contributed by atoms with van der Waals surface area (Å²) in [7, 11) is -3.62. The number of carbonyl (C=O) groups excluding carboxylic acids is 1. The molecule has 1 atom stereocenters. The molecule has 0 unspecified atom stereocenters. The largest absolute Gasteiger partial charge is 0.453 e. The van der Waals surface area contributed by atoms with E-state index in [1.54, 1.807) is 53.6 Å². The number of nitrogens with one attached hydrogen (secondary N) is 1. The molecule has 1 aliphatic heterocycles. The first kappa shape index (κ1) is 25.8. The zero-order valence-electron chi connectivity index (χ0n) is 20.8. The van der Waals surface area contributed by atoms with E-state index in [4.69, 9.17) is 10.5 Å². The van der Waals surface area contributed by atoms with Gasteiger partial charge in [0.2, 0.25) is 15.9 Å². The molecule has 3 N–H and O–H groups in total. The molecule has 2 aromatic carbocycles. The maximum absolute atomic E-state index is 14.9. The van der Waals surface area contributed by atoms with Crippen molar-refractivity contribution < 1.29 is 22.3 Å². The molecule has 4 aromatic rings. The summed E-state index contributed by atoms with van der Waals surface area (Å²) in [6.45, 7) is 2.74. The Hall–Kier alpha value is -3.80. The van der Waals surface area contributed by atoms with Crippen molar-refractivity contribution in [2.75, 3.05) is 26.2 Å². The van der Waals surface area contributed by atoms with Crippen LogP contribution < -0.4 is 10.5 Å². The quantitative estimate of drug-likeness (QED) is 0.373. The minimum Gasteiger partial charge on any atom is -0.453 e. The van der Waals surface area contributed by atoms with Crippen LogP contribution in [-0.4, -0.2) is 65.7 Å². The van der Waals surface area contributed by atoms with Gasteiger partial charge in [-0.1, -0.05) is 24.3 Å². The summed E-state index contributed by atoms with van der Waals surface area (Å²) in [5.41, 5.74) is 8.32. The zero-order chi connectivity index (χ0) is 26.9. The van der Waals surface area contributed by atoms with Crippen molar-refractivity contribution in [3.05, 3.63) is 83.9 Å². The number of sulfonamides is 1. The fourth-order valence-corrected chi connectivity index (χ4v) is 6.05. The second-order valence-corrected chi connectivity index (χ2v) is 11.2. The summed E-state index contributed by atoms with van der Waals surface area (Å²) < 4.78 is 47.8. The highest BCUT2D eigenvalue weighted by molar-refractivity contribution is 7.89. The lowest BCUT2D eigenvalue weighted by Gasteiger charge is -2.35. The second-order valence-electron chi connectivity index (χ2n) is 9.22. The van der Waals surface area contributed by atoms with Crippen molar-refractivity contribution >= 4 is 27.0 Å². The third-order valence-corrected chi connectivity index (χ3v) is 8.57. The molecule has 11 heteroatoms. The molecule has 1 saturated heterocycles. The van der Waals surface area contributed by atoms with Crippen molar-refractivity contribution in [1.82, 2.24) is 19.2 Å². The first-order valence-corrected chi connectivity index (χ1v) is 13.7. The van der Waals surface area contributed by atoms with E-state index >= 15 is 0 Å². The maximum Gasteiger partial charge on any atom is 0.243 e. The van der Waals surface area contributed by atoms with E-state index in [1.165, 1.54) is 16.4 Å². The van der Waals surface area contributed by atoms with Crippen LogP contribution in [0.15, 0.2) is 71.9 Å². The highest BCUT2D eigenvalue weighted by Gasteiger charge is 2.31. The molecule has 2 aromatic heterocycles. The molecule has 198 valence electrons. The number of hydrogen-bond acceptors (Lipinski definition) is 6. The number of rotatable bonds is 7. The van der Waals surface area contributed by atoms with E-state index in [9.17, 15) is 17.6 Å². The fourth-order valence-electron chi connectivity index (χ4n) is 4.61. The third kappa shape index (κ3) is 5.13. The maximum atomic E-state index is 14.9. The number of aryl methyl sites for hydroxylation is 1. The fraction of sp³-hybridized carbons (Fsp3) is 0.259. The molecule has 3 heterocycles. The van der Waals surface area contributed by atoms with Gasteiger partial charge in [0, 0.05) is 38.6 Å². The summed E-state index contributed by atoms with van der Waals surface area (Å²) in [6, 6.07) is 13.5. The molecular weight excluding hydrogens is 509 g/mol. The lowest BCUT2D eigenvalue weighted by molar-refractivity contribution is -0.133. The van der Waals surface area contributed by atoms with Crippen LogP contribution in [0.3, 0.4) is 0 Å². The third-order valence-electron chi connectivity index (χ3n) is 6.65. The van der Waals surface area contributed by atoms with Crippen LogP contribution in [0.5, 0.6) is 11.5 Å². The Morgan fingerprint density at radius 2 is 1.84 bits per heavy atom. The summed E-state index contributed by atoms with van der Waals surface area (Å²) in [6.07, 6.45) is 3.53. The Kier molecular flexibility index (Phi) is 7.15. The normalized spacial score (nSPS) is 15.5. The van der Waals surface area contributed by atoms with Crippen LogP contribution in [0.2, 0.25) is 0 Å². The van der Waals surface area contributed by atoms with E-state index in [0.717, 1.165) is 10.9 Å². The second kappa shape index (κ2) is 10.5. The predicted octanol–water partition coefficient (Wildman–Crippen LogP) is 3.21. The first-order valence-electron chi connectivity index (χ1n) is 12.2. The van der Waals surface area contributed by atoms with E-state index in [2.05, 4.69) is 9.97 Å². The minimum atomic E-state index is -3.62. The van der Waals surface area contributed by atoms with Crippen molar-refractivity contribution in [3.63, 3.8) is 0 Å². The predicted molar refractivity (Wildman–Crippen MR) is 141 cm³/mol. The molecule has 1 fully saturated rings. The molecule has 0 aliphatic carbocycles. The molecule has 1 amide bonds. The molecule has 0 spiro atoms. The highest BCUT2D eigenvalue weighted by Crippen LogP contribution is 2.32. The number of nitrogens with two attached hydrogens (primary N) is 1. The monoisotopic (exact) mass is 537 g/mol. The number of halogens is 1. The van der Waals surface area contributed by atoms with Crippen molar-refractivity contribution in [3.8, 4) is 11.5 Å². The van der Waals surface area contributed by atoms with Crippen LogP contribution >= 0.6 is 0 Å².